The Morgan fingerprint density at radius 1 is 1.03 bits per heavy atom. The monoisotopic (exact) mass is 430 g/mol. The molecule has 0 saturated heterocycles. The molecule has 0 spiro atoms. The highest BCUT2D eigenvalue weighted by atomic mass is 16.6. The zero-order chi connectivity index (χ0) is 22.8. The third-order valence-electron chi connectivity index (χ3n) is 4.96. The normalized spacial score (nSPS) is 10.7. The molecule has 0 fully saturated rings. The second-order valence-corrected chi connectivity index (χ2v) is 7.15. The first kappa shape index (κ1) is 20.8. The summed E-state index contributed by atoms with van der Waals surface area (Å²) >= 11 is 0. The van der Waals surface area contributed by atoms with E-state index in [9.17, 15) is 19.7 Å². The summed E-state index contributed by atoms with van der Waals surface area (Å²) in [5.41, 5.74) is 2.49. The summed E-state index contributed by atoms with van der Waals surface area (Å²) < 4.78 is 11.0. The van der Waals surface area contributed by atoms with Crippen LogP contribution in [0.1, 0.15) is 15.9 Å². The van der Waals surface area contributed by atoms with E-state index in [1.165, 1.54) is 31.4 Å². The zero-order valence-corrected chi connectivity index (χ0v) is 17.2. The quantitative estimate of drug-likeness (QED) is 0.355. The molecule has 1 aromatic heterocycles. The van der Waals surface area contributed by atoms with Crippen molar-refractivity contribution in [2.24, 2.45) is 0 Å². The van der Waals surface area contributed by atoms with Gasteiger partial charge in [-0.3, -0.25) is 19.7 Å². The fourth-order valence-corrected chi connectivity index (χ4v) is 3.29. The maximum atomic E-state index is 12.6. The molecule has 8 heteroatoms. The number of methoxy groups -OCH3 is 1. The van der Waals surface area contributed by atoms with Crippen molar-refractivity contribution in [3.8, 4) is 17.1 Å². The number of aryl methyl sites for hydroxylation is 1. The van der Waals surface area contributed by atoms with Gasteiger partial charge in [-0.05, 0) is 37.3 Å². The second-order valence-electron chi connectivity index (χ2n) is 7.15. The molecule has 4 aromatic rings. The van der Waals surface area contributed by atoms with Gasteiger partial charge in [-0.25, -0.2) is 0 Å². The average molecular weight is 430 g/mol. The second kappa shape index (κ2) is 8.35. The smallest absolute Gasteiger partial charge is 0.273 e. The number of anilines is 1. The minimum atomic E-state index is -0.542. The summed E-state index contributed by atoms with van der Waals surface area (Å²) in [6, 6.07) is 17.3. The lowest BCUT2D eigenvalue weighted by atomic mass is 10.1. The molecule has 4 rings (SSSR count). The molecule has 0 radical (unpaired) electrons. The molecule has 160 valence electrons. The first-order chi connectivity index (χ1) is 15.4. The van der Waals surface area contributed by atoms with Gasteiger partial charge < -0.3 is 14.5 Å². The lowest BCUT2D eigenvalue weighted by Crippen LogP contribution is -2.12. The lowest BCUT2D eigenvalue weighted by Gasteiger charge is -2.10. The summed E-state index contributed by atoms with van der Waals surface area (Å²) in [6.07, 6.45) is 0. The van der Waals surface area contributed by atoms with Gasteiger partial charge in [-0.2, -0.15) is 0 Å². The fraction of sp³-hybridized carbons (Fsp3) is 0.0833. The number of benzene rings is 3. The Labute approximate surface area is 182 Å². The highest BCUT2D eigenvalue weighted by Gasteiger charge is 2.15. The number of nitrogens with one attached hydrogen (secondary N) is 1. The average Bonchev–Trinajstić information content (AvgIpc) is 2.79. The molecule has 0 unspecified atom stereocenters. The van der Waals surface area contributed by atoms with Crippen molar-refractivity contribution >= 4 is 28.3 Å². The van der Waals surface area contributed by atoms with Gasteiger partial charge in [0.25, 0.3) is 11.6 Å². The minimum absolute atomic E-state index is 0.142. The van der Waals surface area contributed by atoms with Gasteiger partial charge in [-0.15, -0.1) is 0 Å². The molecule has 0 aliphatic carbocycles. The van der Waals surface area contributed by atoms with Crippen LogP contribution in [0.3, 0.4) is 0 Å². The summed E-state index contributed by atoms with van der Waals surface area (Å²) in [4.78, 5) is 35.5. The van der Waals surface area contributed by atoms with E-state index in [0.29, 0.717) is 33.5 Å². The Kier molecular flexibility index (Phi) is 5.43. The number of nitro groups is 1. The highest BCUT2D eigenvalue weighted by molar-refractivity contribution is 6.05. The predicted octanol–water partition coefficient (Wildman–Crippen LogP) is 4.94. The molecular weight excluding hydrogens is 412 g/mol. The van der Waals surface area contributed by atoms with E-state index in [4.69, 9.17) is 9.15 Å². The van der Waals surface area contributed by atoms with Crippen LogP contribution >= 0.6 is 0 Å². The maximum absolute atomic E-state index is 12.6. The maximum Gasteiger partial charge on any atom is 0.273 e. The summed E-state index contributed by atoms with van der Waals surface area (Å²) in [7, 11) is 1.36. The van der Waals surface area contributed by atoms with Crippen molar-refractivity contribution in [1.82, 2.24) is 0 Å². The number of carbonyl (C=O) groups is 1. The molecule has 8 nitrogen and oxygen atoms in total. The highest BCUT2D eigenvalue weighted by Crippen LogP contribution is 2.30. The third kappa shape index (κ3) is 4.06. The Hall–Kier alpha value is -4.46. The van der Waals surface area contributed by atoms with E-state index in [1.807, 2.05) is 13.0 Å². The van der Waals surface area contributed by atoms with Crippen molar-refractivity contribution in [3.63, 3.8) is 0 Å². The van der Waals surface area contributed by atoms with Crippen LogP contribution in [0, 0.1) is 17.0 Å². The number of fused-ring (bicyclic) bond motifs is 1. The largest absolute Gasteiger partial charge is 0.494 e. The molecule has 0 atom stereocenters. The van der Waals surface area contributed by atoms with Crippen molar-refractivity contribution in [2.75, 3.05) is 12.4 Å². The Bertz CT molecular complexity index is 1410. The van der Waals surface area contributed by atoms with Crippen LogP contribution in [0.25, 0.3) is 22.3 Å². The van der Waals surface area contributed by atoms with Crippen LogP contribution in [0.4, 0.5) is 11.4 Å². The van der Waals surface area contributed by atoms with Gasteiger partial charge in [0.05, 0.1) is 29.2 Å². The molecular formula is C24H18N2O6. The van der Waals surface area contributed by atoms with Crippen molar-refractivity contribution in [3.05, 3.63) is 98.2 Å². The van der Waals surface area contributed by atoms with E-state index >= 15 is 0 Å². The fourth-order valence-electron chi connectivity index (χ4n) is 3.29. The van der Waals surface area contributed by atoms with Crippen molar-refractivity contribution in [1.29, 1.82) is 0 Å². The lowest BCUT2D eigenvalue weighted by molar-refractivity contribution is -0.384. The van der Waals surface area contributed by atoms with E-state index in [2.05, 4.69) is 5.32 Å². The van der Waals surface area contributed by atoms with Crippen molar-refractivity contribution < 1.29 is 18.9 Å². The Morgan fingerprint density at radius 3 is 2.47 bits per heavy atom. The Morgan fingerprint density at radius 2 is 1.78 bits per heavy atom. The van der Waals surface area contributed by atoms with E-state index < -0.39 is 10.8 Å². The number of non-ortho nitro benzene ring substituents is 1. The summed E-state index contributed by atoms with van der Waals surface area (Å²) in [6.45, 7) is 1.91. The number of carbonyl (C=O) groups excluding carboxylic acids is 1. The minimum Gasteiger partial charge on any atom is -0.494 e. The van der Waals surface area contributed by atoms with E-state index in [0.717, 1.165) is 5.56 Å². The van der Waals surface area contributed by atoms with Gasteiger partial charge in [0.1, 0.15) is 17.1 Å². The number of nitrogens with zero attached hydrogens (tertiary/aromatic N) is 1. The first-order valence-corrected chi connectivity index (χ1v) is 9.64. The van der Waals surface area contributed by atoms with Crippen LogP contribution in [0.2, 0.25) is 0 Å². The number of hydrogen-bond donors (Lipinski definition) is 1. The number of nitro benzene ring substituents is 1. The molecule has 0 saturated carbocycles. The molecule has 32 heavy (non-hydrogen) atoms. The molecule has 3 aromatic carbocycles. The topological polar surface area (TPSA) is 112 Å². The Balaban J connectivity index is 1.58. The SMILES string of the molecule is COc1cc([N+](=O)[O-])ccc1NC(=O)c1ccc(-c2cc(=O)c3cc(C)ccc3o2)cc1. The van der Waals surface area contributed by atoms with Gasteiger partial charge in [0.15, 0.2) is 5.43 Å². The molecule has 0 aliphatic heterocycles. The summed E-state index contributed by atoms with van der Waals surface area (Å²) in [5.74, 6) is 0.159. The number of amides is 1. The van der Waals surface area contributed by atoms with Crippen LogP contribution in [0.15, 0.2) is 75.9 Å². The molecule has 0 bridgehead atoms. The number of ether oxygens (including phenoxy) is 1. The van der Waals surface area contributed by atoms with Gasteiger partial charge in [0, 0.05) is 23.3 Å². The molecule has 1 heterocycles. The van der Waals surface area contributed by atoms with Gasteiger partial charge in [-0.1, -0.05) is 23.8 Å². The van der Waals surface area contributed by atoms with Gasteiger partial charge >= 0.3 is 0 Å². The van der Waals surface area contributed by atoms with E-state index in [1.54, 1.807) is 36.4 Å². The molecule has 1 amide bonds. The zero-order valence-electron chi connectivity index (χ0n) is 17.2. The van der Waals surface area contributed by atoms with Crippen molar-refractivity contribution in [2.45, 2.75) is 6.92 Å². The van der Waals surface area contributed by atoms with Crippen LogP contribution in [-0.2, 0) is 0 Å². The van der Waals surface area contributed by atoms with Crippen LogP contribution in [-0.4, -0.2) is 17.9 Å². The number of hydrogen-bond acceptors (Lipinski definition) is 6. The standard InChI is InChI=1S/C24H18N2O6/c1-14-3-10-21-18(11-14)20(27)13-22(32-21)15-4-6-16(7-5-15)24(28)25-19-9-8-17(26(29)30)12-23(19)31-2/h3-13H,1-2H3,(H,25,28). The molecule has 0 aliphatic rings. The third-order valence-corrected chi connectivity index (χ3v) is 4.96. The molecule has 1 N–H and O–H groups in total. The predicted molar refractivity (Wildman–Crippen MR) is 120 cm³/mol. The first-order valence-electron chi connectivity index (χ1n) is 9.64. The summed E-state index contributed by atoms with van der Waals surface area (Å²) in [5, 5.41) is 14.1. The van der Waals surface area contributed by atoms with Crippen LogP contribution in [0.5, 0.6) is 5.75 Å². The number of rotatable bonds is 5. The van der Waals surface area contributed by atoms with Crippen LogP contribution < -0.4 is 15.5 Å². The van der Waals surface area contributed by atoms with Gasteiger partial charge in [0.2, 0.25) is 0 Å². The van der Waals surface area contributed by atoms with E-state index in [-0.39, 0.29) is 16.9 Å².